The smallest absolute Gasteiger partial charge is 0.406 e. The fraction of sp³-hybridized carbons (Fsp3) is 0.0556. The lowest BCUT2D eigenvalue weighted by atomic mass is 10.1. The molecule has 1 aromatic heterocycles. The van der Waals surface area contributed by atoms with Crippen LogP contribution in [0.2, 0.25) is 5.02 Å². The summed E-state index contributed by atoms with van der Waals surface area (Å²) < 4.78 is 41.2. The molecule has 0 fully saturated rings. The van der Waals surface area contributed by atoms with Crippen molar-refractivity contribution in [3.8, 4) is 11.8 Å². The molecular formula is C18H9ClF3N3O2S. The van der Waals surface area contributed by atoms with Crippen LogP contribution < -0.4 is 10.1 Å². The van der Waals surface area contributed by atoms with E-state index < -0.39 is 12.3 Å². The Balaban J connectivity index is 1.80. The second-order valence-electron chi connectivity index (χ2n) is 5.37. The molecule has 0 saturated carbocycles. The number of carbonyl (C=O) groups is 1. The summed E-state index contributed by atoms with van der Waals surface area (Å²) in [7, 11) is 0. The molecule has 1 N–H and O–H groups in total. The van der Waals surface area contributed by atoms with E-state index in [1.807, 2.05) is 0 Å². The number of hydrogen-bond acceptors (Lipinski definition) is 5. The highest BCUT2D eigenvalue weighted by molar-refractivity contribution is 7.22. The Morgan fingerprint density at radius 2 is 1.96 bits per heavy atom. The van der Waals surface area contributed by atoms with Gasteiger partial charge in [0.2, 0.25) is 0 Å². The average Bonchev–Trinajstić information content (AvgIpc) is 3.01. The second-order valence-corrected chi connectivity index (χ2v) is 6.84. The third-order valence-corrected chi connectivity index (χ3v) is 4.55. The van der Waals surface area contributed by atoms with Gasteiger partial charge in [-0.25, -0.2) is 4.98 Å². The molecule has 0 bridgehead atoms. The summed E-state index contributed by atoms with van der Waals surface area (Å²) in [6.07, 6.45) is -3.42. The number of carbonyl (C=O) groups excluding carboxylic acids is 1. The van der Waals surface area contributed by atoms with Gasteiger partial charge in [0, 0.05) is 11.1 Å². The summed E-state index contributed by atoms with van der Waals surface area (Å²) in [5, 5.41) is 12.4. The van der Waals surface area contributed by atoms with E-state index in [-0.39, 0.29) is 16.5 Å². The second kappa shape index (κ2) is 7.88. The molecule has 0 aliphatic carbocycles. The van der Waals surface area contributed by atoms with E-state index in [4.69, 9.17) is 11.6 Å². The van der Waals surface area contributed by atoms with Crippen molar-refractivity contribution >= 4 is 50.3 Å². The number of halogens is 4. The SMILES string of the molecule is N#C/C(=C/c1ccc(Cl)cc1)C(=O)Nc1nc2ccc(OC(F)(F)F)cc2s1. The zero-order valence-corrected chi connectivity index (χ0v) is 15.3. The standard InChI is InChI=1S/C18H9ClF3N3O2S/c19-12-3-1-10(2-4-12)7-11(9-23)16(26)25-17-24-14-6-5-13(8-15(14)28-17)27-18(20,21)22/h1-8H,(H,24,25,26)/b11-7-. The van der Waals surface area contributed by atoms with Crippen molar-refractivity contribution < 1.29 is 22.7 Å². The average molecular weight is 424 g/mol. The maximum Gasteiger partial charge on any atom is 0.573 e. The Hall–Kier alpha value is -3.09. The van der Waals surface area contributed by atoms with Crippen LogP contribution in [0.25, 0.3) is 16.3 Å². The predicted octanol–water partition coefficient (Wildman–Crippen LogP) is 5.39. The molecule has 0 spiro atoms. The van der Waals surface area contributed by atoms with Gasteiger partial charge < -0.3 is 4.74 Å². The van der Waals surface area contributed by atoms with Gasteiger partial charge in [0.05, 0.1) is 10.2 Å². The summed E-state index contributed by atoms with van der Waals surface area (Å²) in [4.78, 5) is 16.4. The molecule has 28 heavy (non-hydrogen) atoms. The third kappa shape index (κ3) is 5.00. The fourth-order valence-corrected chi connectivity index (χ4v) is 3.21. The van der Waals surface area contributed by atoms with Crippen LogP contribution in [-0.4, -0.2) is 17.3 Å². The lowest BCUT2D eigenvalue weighted by molar-refractivity contribution is -0.274. The largest absolute Gasteiger partial charge is 0.573 e. The van der Waals surface area contributed by atoms with E-state index >= 15 is 0 Å². The summed E-state index contributed by atoms with van der Waals surface area (Å²) in [6, 6.07) is 12.0. The first-order valence-electron chi connectivity index (χ1n) is 7.58. The van der Waals surface area contributed by atoms with Crippen LogP contribution in [0.4, 0.5) is 18.3 Å². The van der Waals surface area contributed by atoms with Gasteiger partial charge in [-0.3, -0.25) is 10.1 Å². The number of nitriles is 1. The van der Waals surface area contributed by atoms with Crippen LogP contribution in [0.1, 0.15) is 5.56 Å². The van der Waals surface area contributed by atoms with Crippen molar-refractivity contribution in [2.24, 2.45) is 0 Å². The van der Waals surface area contributed by atoms with Crippen LogP contribution in [0.5, 0.6) is 5.75 Å². The van der Waals surface area contributed by atoms with E-state index in [2.05, 4.69) is 15.0 Å². The molecular weight excluding hydrogens is 415 g/mol. The normalized spacial score (nSPS) is 11.9. The molecule has 142 valence electrons. The van der Waals surface area contributed by atoms with Crippen LogP contribution in [-0.2, 0) is 4.79 Å². The topological polar surface area (TPSA) is 75.0 Å². The van der Waals surface area contributed by atoms with Crippen molar-refractivity contribution in [2.45, 2.75) is 6.36 Å². The summed E-state index contributed by atoms with van der Waals surface area (Å²) in [5.74, 6) is -1.08. The minimum absolute atomic E-state index is 0.140. The Labute approximate surface area is 165 Å². The number of alkyl halides is 3. The lowest BCUT2D eigenvalue weighted by Crippen LogP contribution is -2.16. The number of ether oxygens (including phenoxy) is 1. The van der Waals surface area contributed by atoms with Gasteiger partial charge in [-0.15, -0.1) is 13.2 Å². The highest BCUT2D eigenvalue weighted by Gasteiger charge is 2.31. The number of hydrogen-bond donors (Lipinski definition) is 1. The van der Waals surface area contributed by atoms with E-state index in [9.17, 15) is 23.2 Å². The highest BCUT2D eigenvalue weighted by Crippen LogP contribution is 2.31. The van der Waals surface area contributed by atoms with Crippen LogP contribution in [0, 0.1) is 11.3 Å². The fourth-order valence-electron chi connectivity index (χ4n) is 2.19. The van der Waals surface area contributed by atoms with Gasteiger partial charge in [-0.05, 0) is 35.9 Å². The zero-order valence-electron chi connectivity index (χ0n) is 13.7. The minimum Gasteiger partial charge on any atom is -0.406 e. The molecule has 5 nitrogen and oxygen atoms in total. The van der Waals surface area contributed by atoms with Gasteiger partial charge in [0.1, 0.15) is 17.4 Å². The van der Waals surface area contributed by atoms with Crippen molar-refractivity contribution in [3.05, 3.63) is 58.6 Å². The number of thiazole rings is 1. The van der Waals surface area contributed by atoms with Gasteiger partial charge in [0.25, 0.3) is 5.91 Å². The molecule has 0 aliphatic heterocycles. The van der Waals surface area contributed by atoms with Gasteiger partial charge in [-0.2, -0.15) is 5.26 Å². The molecule has 0 atom stereocenters. The number of nitrogens with one attached hydrogen (secondary N) is 1. The van der Waals surface area contributed by atoms with Gasteiger partial charge in [0.15, 0.2) is 5.13 Å². The van der Waals surface area contributed by atoms with Crippen molar-refractivity contribution in [2.75, 3.05) is 5.32 Å². The molecule has 1 heterocycles. The molecule has 10 heteroatoms. The number of amides is 1. The quantitative estimate of drug-likeness (QED) is 0.450. The number of rotatable bonds is 4. The molecule has 0 saturated heterocycles. The Bertz CT molecular complexity index is 1100. The predicted molar refractivity (Wildman–Crippen MR) is 100.0 cm³/mol. The summed E-state index contributed by atoms with van der Waals surface area (Å²) in [6.45, 7) is 0. The van der Waals surface area contributed by atoms with E-state index in [0.29, 0.717) is 20.8 Å². The van der Waals surface area contributed by atoms with E-state index in [1.165, 1.54) is 18.2 Å². The first kappa shape index (κ1) is 19.7. The molecule has 3 rings (SSSR count). The third-order valence-electron chi connectivity index (χ3n) is 3.36. The molecule has 2 aromatic carbocycles. The van der Waals surface area contributed by atoms with Crippen LogP contribution in [0.15, 0.2) is 48.0 Å². The molecule has 0 unspecified atom stereocenters. The first-order valence-corrected chi connectivity index (χ1v) is 8.78. The maximum absolute atomic E-state index is 12.3. The number of benzene rings is 2. The number of nitrogens with zero attached hydrogens (tertiary/aromatic N) is 2. The van der Waals surface area contributed by atoms with Crippen LogP contribution >= 0.6 is 22.9 Å². The Morgan fingerprint density at radius 1 is 1.25 bits per heavy atom. The lowest BCUT2D eigenvalue weighted by Gasteiger charge is -2.07. The summed E-state index contributed by atoms with van der Waals surface area (Å²) in [5.41, 5.74) is 0.826. The summed E-state index contributed by atoms with van der Waals surface area (Å²) >= 11 is 6.75. The number of aromatic nitrogens is 1. The Kier molecular flexibility index (Phi) is 5.53. The first-order chi connectivity index (χ1) is 13.2. The number of anilines is 1. The monoisotopic (exact) mass is 423 g/mol. The van der Waals surface area contributed by atoms with Gasteiger partial charge >= 0.3 is 6.36 Å². The molecule has 0 aliphatic rings. The molecule has 3 aromatic rings. The van der Waals surface area contributed by atoms with Crippen molar-refractivity contribution in [3.63, 3.8) is 0 Å². The zero-order chi connectivity index (χ0) is 20.3. The van der Waals surface area contributed by atoms with Crippen molar-refractivity contribution in [1.82, 2.24) is 4.98 Å². The van der Waals surface area contributed by atoms with Crippen LogP contribution in [0.3, 0.4) is 0 Å². The maximum atomic E-state index is 12.3. The molecule has 0 radical (unpaired) electrons. The van der Waals surface area contributed by atoms with E-state index in [0.717, 1.165) is 17.4 Å². The highest BCUT2D eigenvalue weighted by atomic mass is 35.5. The Morgan fingerprint density at radius 3 is 2.61 bits per heavy atom. The number of fused-ring (bicyclic) bond motifs is 1. The van der Waals surface area contributed by atoms with Gasteiger partial charge in [-0.1, -0.05) is 35.1 Å². The van der Waals surface area contributed by atoms with E-state index in [1.54, 1.807) is 30.3 Å². The molecule has 1 amide bonds. The minimum atomic E-state index is -4.80. The van der Waals surface area contributed by atoms with Crippen molar-refractivity contribution in [1.29, 1.82) is 5.26 Å².